The number of nitrogens with zero attached hydrogens (tertiary/aromatic N) is 2. The predicted octanol–water partition coefficient (Wildman–Crippen LogP) is 3.14. The molecule has 1 aromatic heterocycles. The summed E-state index contributed by atoms with van der Waals surface area (Å²) in [6.07, 6.45) is 1.86. The molecule has 0 unspecified atom stereocenters. The van der Waals surface area contributed by atoms with Crippen molar-refractivity contribution in [2.75, 3.05) is 20.2 Å². The maximum absolute atomic E-state index is 13.8. The van der Waals surface area contributed by atoms with Crippen LogP contribution in [0.15, 0.2) is 30.3 Å². The number of ether oxygens (including phenoxy) is 1. The standard InChI is InChI=1S/C18H21FN2O/c1-13-4-3-5-16(20-13)7-9-21-8-6-14-11-18(22-2)17(19)10-15(14)12-21/h3-5,10-11H,6-9,12H2,1-2H3. The van der Waals surface area contributed by atoms with E-state index in [9.17, 15) is 4.39 Å². The van der Waals surface area contributed by atoms with Crippen LogP contribution in [0.1, 0.15) is 22.5 Å². The van der Waals surface area contributed by atoms with Crippen molar-refractivity contribution >= 4 is 0 Å². The van der Waals surface area contributed by atoms with Gasteiger partial charge in [0, 0.05) is 37.4 Å². The lowest BCUT2D eigenvalue weighted by molar-refractivity contribution is 0.255. The fraction of sp³-hybridized carbons (Fsp3) is 0.389. The van der Waals surface area contributed by atoms with Gasteiger partial charge in [0.25, 0.3) is 0 Å². The van der Waals surface area contributed by atoms with Gasteiger partial charge in [-0.1, -0.05) is 6.07 Å². The van der Waals surface area contributed by atoms with Crippen LogP contribution in [0, 0.1) is 12.7 Å². The number of halogens is 1. The van der Waals surface area contributed by atoms with Crippen molar-refractivity contribution < 1.29 is 9.13 Å². The van der Waals surface area contributed by atoms with Gasteiger partial charge in [-0.15, -0.1) is 0 Å². The van der Waals surface area contributed by atoms with Gasteiger partial charge in [0.1, 0.15) is 0 Å². The summed E-state index contributed by atoms with van der Waals surface area (Å²) in [5, 5.41) is 0. The molecule has 0 radical (unpaired) electrons. The van der Waals surface area contributed by atoms with Crippen LogP contribution in [0.5, 0.6) is 5.75 Å². The molecule has 0 spiro atoms. The Morgan fingerprint density at radius 3 is 2.91 bits per heavy atom. The van der Waals surface area contributed by atoms with Gasteiger partial charge in [0.05, 0.1) is 7.11 Å². The molecule has 3 rings (SSSR count). The van der Waals surface area contributed by atoms with Gasteiger partial charge in [0.2, 0.25) is 0 Å². The molecule has 1 aliphatic heterocycles. The normalized spacial score (nSPS) is 14.7. The summed E-state index contributed by atoms with van der Waals surface area (Å²) in [6, 6.07) is 9.58. The molecule has 0 atom stereocenters. The van der Waals surface area contributed by atoms with Gasteiger partial charge in [-0.25, -0.2) is 4.39 Å². The first-order valence-electron chi connectivity index (χ1n) is 7.66. The number of fused-ring (bicyclic) bond motifs is 1. The molecule has 3 nitrogen and oxygen atoms in total. The Morgan fingerprint density at radius 2 is 2.14 bits per heavy atom. The molecule has 0 fully saturated rings. The van der Waals surface area contributed by atoms with E-state index in [4.69, 9.17) is 4.74 Å². The van der Waals surface area contributed by atoms with Crippen LogP contribution in [0.3, 0.4) is 0 Å². The lowest BCUT2D eigenvalue weighted by Crippen LogP contribution is -2.32. The van der Waals surface area contributed by atoms with E-state index in [-0.39, 0.29) is 5.82 Å². The van der Waals surface area contributed by atoms with Crippen molar-refractivity contribution in [2.24, 2.45) is 0 Å². The molecule has 116 valence electrons. The average molecular weight is 300 g/mol. The molecule has 0 aliphatic carbocycles. The Labute approximate surface area is 130 Å². The van der Waals surface area contributed by atoms with E-state index in [2.05, 4.69) is 16.0 Å². The molecule has 0 bridgehead atoms. The average Bonchev–Trinajstić information content (AvgIpc) is 2.52. The van der Waals surface area contributed by atoms with Crippen LogP contribution >= 0.6 is 0 Å². The van der Waals surface area contributed by atoms with Crippen molar-refractivity contribution in [1.82, 2.24) is 9.88 Å². The van der Waals surface area contributed by atoms with Gasteiger partial charge in [-0.2, -0.15) is 0 Å². The number of pyridine rings is 1. The topological polar surface area (TPSA) is 25.4 Å². The van der Waals surface area contributed by atoms with Crippen molar-refractivity contribution in [3.8, 4) is 5.75 Å². The SMILES string of the molecule is COc1cc2c(cc1F)CN(CCc1cccc(C)n1)CC2. The molecule has 1 aromatic carbocycles. The van der Waals surface area contributed by atoms with E-state index in [0.29, 0.717) is 5.75 Å². The number of hydrogen-bond acceptors (Lipinski definition) is 3. The number of methoxy groups -OCH3 is 1. The Hall–Kier alpha value is -1.94. The highest BCUT2D eigenvalue weighted by Gasteiger charge is 2.19. The maximum Gasteiger partial charge on any atom is 0.165 e. The maximum atomic E-state index is 13.8. The second kappa shape index (κ2) is 6.44. The molecular formula is C18H21FN2O. The first kappa shape index (κ1) is 15.0. The minimum atomic E-state index is -0.275. The number of benzene rings is 1. The highest BCUT2D eigenvalue weighted by atomic mass is 19.1. The molecule has 0 saturated heterocycles. The Morgan fingerprint density at radius 1 is 1.27 bits per heavy atom. The Kier molecular flexibility index (Phi) is 4.39. The third-order valence-electron chi connectivity index (χ3n) is 4.20. The highest BCUT2D eigenvalue weighted by molar-refractivity contribution is 5.38. The molecule has 2 aromatic rings. The molecule has 22 heavy (non-hydrogen) atoms. The van der Waals surface area contributed by atoms with Crippen molar-refractivity contribution in [2.45, 2.75) is 26.3 Å². The van der Waals surface area contributed by atoms with E-state index < -0.39 is 0 Å². The minimum Gasteiger partial charge on any atom is -0.494 e. The summed E-state index contributed by atoms with van der Waals surface area (Å²) in [7, 11) is 1.51. The summed E-state index contributed by atoms with van der Waals surface area (Å²) in [5.41, 5.74) is 4.44. The van der Waals surface area contributed by atoms with E-state index >= 15 is 0 Å². The number of aromatic nitrogens is 1. The summed E-state index contributed by atoms with van der Waals surface area (Å²) in [6.45, 7) is 4.75. The van der Waals surface area contributed by atoms with Crippen molar-refractivity contribution in [3.05, 3.63) is 58.7 Å². The molecule has 0 saturated carbocycles. The summed E-state index contributed by atoms with van der Waals surface area (Å²) >= 11 is 0. The van der Waals surface area contributed by atoms with Crippen LogP contribution in [-0.2, 0) is 19.4 Å². The van der Waals surface area contributed by atoms with Crippen LogP contribution in [0.4, 0.5) is 4.39 Å². The predicted molar refractivity (Wildman–Crippen MR) is 84.6 cm³/mol. The zero-order valence-electron chi connectivity index (χ0n) is 13.1. The van der Waals surface area contributed by atoms with Crippen LogP contribution in [0.25, 0.3) is 0 Å². The first-order valence-corrected chi connectivity index (χ1v) is 7.66. The highest BCUT2D eigenvalue weighted by Crippen LogP contribution is 2.26. The minimum absolute atomic E-state index is 0.275. The largest absolute Gasteiger partial charge is 0.494 e. The second-order valence-electron chi connectivity index (χ2n) is 5.80. The summed E-state index contributed by atoms with van der Waals surface area (Å²) in [5.74, 6) is 0.0691. The summed E-state index contributed by atoms with van der Waals surface area (Å²) < 4.78 is 18.9. The van der Waals surface area contributed by atoms with Gasteiger partial charge >= 0.3 is 0 Å². The fourth-order valence-electron chi connectivity index (χ4n) is 2.97. The second-order valence-corrected chi connectivity index (χ2v) is 5.80. The lowest BCUT2D eigenvalue weighted by atomic mass is 9.99. The Balaban J connectivity index is 1.65. The van der Waals surface area contributed by atoms with Gasteiger partial charge in [-0.3, -0.25) is 9.88 Å². The first-order chi connectivity index (χ1) is 10.7. The number of aryl methyl sites for hydroxylation is 1. The van der Waals surface area contributed by atoms with Crippen LogP contribution in [-0.4, -0.2) is 30.1 Å². The van der Waals surface area contributed by atoms with Gasteiger partial charge in [0.15, 0.2) is 11.6 Å². The molecular weight excluding hydrogens is 279 g/mol. The van der Waals surface area contributed by atoms with Gasteiger partial charge in [-0.05, 0) is 48.7 Å². The zero-order valence-corrected chi connectivity index (χ0v) is 13.1. The smallest absolute Gasteiger partial charge is 0.165 e. The van der Waals surface area contributed by atoms with Crippen molar-refractivity contribution in [3.63, 3.8) is 0 Å². The van der Waals surface area contributed by atoms with E-state index in [0.717, 1.165) is 49.4 Å². The van der Waals surface area contributed by atoms with E-state index in [1.54, 1.807) is 6.07 Å². The molecule has 4 heteroatoms. The number of rotatable bonds is 4. The molecule has 0 N–H and O–H groups in total. The quantitative estimate of drug-likeness (QED) is 0.867. The zero-order chi connectivity index (χ0) is 15.5. The van der Waals surface area contributed by atoms with Crippen LogP contribution < -0.4 is 4.74 Å². The Bertz CT molecular complexity index is 672. The fourth-order valence-corrected chi connectivity index (χ4v) is 2.97. The molecule has 1 aliphatic rings. The third-order valence-corrected chi connectivity index (χ3v) is 4.20. The van der Waals surface area contributed by atoms with Crippen LogP contribution in [0.2, 0.25) is 0 Å². The van der Waals surface area contributed by atoms with Crippen molar-refractivity contribution in [1.29, 1.82) is 0 Å². The number of hydrogen-bond donors (Lipinski definition) is 0. The third kappa shape index (κ3) is 3.28. The summed E-state index contributed by atoms with van der Waals surface area (Å²) in [4.78, 5) is 6.89. The molecule has 2 heterocycles. The van der Waals surface area contributed by atoms with Gasteiger partial charge < -0.3 is 4.74 Å². The monoisotopic (exact) mass is 300 g/mol. The van der Waals surface area contributed by atoms with E-state index in [1.165, 1.54) is 12.7 Å². The lowest BCUT2D eigenvalue weighted by Gasteiger charge is -2.29. The van der Waals surface area contributed by atoms with E-state index in [1.807, 2.05) is 25.1 Å². The molecule has 0 amide bonds.